The Morgan fingerprint density at radius 3 is 2.69 bits per heavy atom. The minimum atomic E-state index is -3.31. The van der Waals surface area contributed by atoms with E-state index in [1.165, 1.54) is 0 Å². The van der Waals surface area contributed by atoms with Gasteiger partial charge in [-0.1, -0.05) is 35.0 Å². The van der Waals surface area contributed by atoms with Crippen LogP contribution in [-0.4, -0.2) is 36.0 Å². The largest absolute Gasteiger partial charge is 0.339 e. The fraction of sp³-hybridized carbons (Fsp3) is 0.579. The van der Waals surface area contributed by atoms with Gasteiger partial charge in [0.15, 0.2) is 5.82 Å². The third-order valence-corrected chi connectivity index (χ3v) is 7.05. The molecule has 0 amide bonds. The second-order valence-electron chi connectivity index (χ2n) is 7.63. The van der Waals surface area contributed by atoms with E-state index in [0.717, 1.165) is 42.6 Å². The van der Waals surface area contributed by atoms with Crippen molar-refractivity contribution in [1.29, 1.82) is 0 Å². The Kier molecular flexibility index (Phi) is 4.84. The van der Waals surface area contributed by atoms with Crippen molar-refractivity contribution in [2.75, 3.05) is 13.1 Å². The monoisotopic (exact) mass is 375 g/mol. The summed E-state index contributed by atoms with van der Waals surface area (Å²) in [6, 6.07) is 7.70. The van der Waals surface area contributed by atoms with E-state index >= 15 is 0 Å². The van der Waals surface area contributed by atoms with E-state index in [1.807, 2.05) is 31.2 Å². The summed E-state index contributed by atoms with van der Waals surface area (Å²) in [5.74, 6) is 2.25. The molecule has 1 aromatic heterocycles. The van der Waals surface area contributed by atoms with Crippen molar-refractivity contribution in [2.45, 2.75) is 50.7 Å². The first-order chi connectivity index (χ1) is 12.5. The van der Waals surface area contributed by atoms with Crippen LogP contribution in [0.2, 0.25) is 0 Å². The van der Waals surface area contributed by atoms with Gasteiger partial charge in [-0.25, -0.2) is 12.7 Å². The Labute approximate surface area is 154 Å². The van der Waals surface area contributed by atoms with Crippen molar-refractivity contribution in [3.8, 4) is 0 Å². The minimum Gasteiger partial charge on any atom is -0.339 e. The van der Waals surface area contributed by atoms with Gasteiger partial charge >= 0.3 is 0 Å². The summed E-state index contributed by atoms with van der Waals surface area (Å²) in [6.45, 7) is 3.14. The van der Waals surface area contributed by atoms with Crippen LogP contribution < -0.4 is 0 Å². The molecular formula is C19H25N3O3S. The molecule has 1 aromatic carbocycles. The van der Waals surface area contributed by atoms with Crippen LogP contribution in [0.1, 0.15) is 54.4 Å². The lowest BCUT2D eigenvalue weighted by Crippen LogP contribution is -2.41. The van der Waals surface area contributed by atoms with Crippen molar-refractivity contribution in [3.63, 3.8) is 0 Å². The predicted octanol–water partition coefficient (Wildman–Crippen LogP) is 3.04. The molecule has 1 aliphatic heterocycles. The molecule has 2 aliphatic rings. The molecular weight excluding hydrogens is 350 g/mol. The van der Waals surface area contributed by atoms with Crippen molar-refractivity contribution >= 4 is 10.0 Å². The second kappa shape index (κ2) is 7.12. The van der Waals surface area contributed by atoms with Gasteiger partial charge < -0.3 is 4.52 Å². The molecule has 2 fully saturated rings. The van der Waals surface area contributed by atoms with Crippen LogP contribution in [0.15, 0.2) is 28.8 Å². The zero-order chi connectivity index (χ0) is 18.1. The number of nitrogens with zero attached hydrogens (tertiary/aromatic N) is 3. The molecule has 1 aliphatic carbocycles. The van der Waals surface area contributed by atoms with Crippen LogP contribution in [0.4, 0.5) is 0 Å². The van der Waals surface area contributed by atoms with E-state index in [0.29, 0.717) is 31.3 Å². The highest BCUT2D eigenvalue weighted by Gasteiger charge is 2.32. The fourth-order valence-electron chi connectivity index (χ4n) is 3.54. The number of sulfonamides is 1. The molecule has 1 atom stereocenters. The Hall–Kier alpha value is -1.73. The molecule has 2 heterocycles. The zero-order valence-corrected chi connectivity index (χ0v) is 15.9. The number of aryl methyl sites for hydroxylation is 1. The maximum absolute atomic E-state index is 12.8. The number of piperidine rings is 1. The lowest BCUT2D eigenvalue weighted by atomic mass is 9.96. The maximum atomic E-state index is 12.8. The summed E-state index contributed by atoms with van der Waals surface area (Å²) < 4.78 is 32.6. The van der Waals surface area contributed by atoms with Crippen LogP contribution in [0.25, 0.3) is 0 Å². The Bertz CT molecular complexity index is 856. The third-order valence-electron chi connectivity index (χ3n) is 5.23. The van der Waals surface area contributed by atoms with Crippen LogP contribution in [0.3, 0.4) is 0 Å². The summed E-state index contributed by atoms with van der Waals surface area (Å²) in [7, 11) is -3.31. The van der Waals surface area contributed by atoms with Gasteiger partial charge in [-0.05, 0) is 44.1 Å². The second-order valence-corrected chi connectivity index (χ2v) is 9.60. The SMILES string of the molecule is Cc1ccc(CS(=O)(=O)N2CCCC(Cc3nc(C4CC4)no3)C2)cc1. The molecule has 0 radical (unpaired) electrons. The molecule has 2 aromatic rings. The van der Waals surface area contributed by atoms with E-state index in [4.69, 9.17) is 4.52 Å². The van der Waals surface area contributed by atoms with Crippen LogP contribution in [0.5, 0.6) is 0 Å². The summed E-state index contributed by atoms with van der Waals surface area (Å²) in [5.41, 5.74) is 1.97. The van der Waals surface area contributed by atoms with Gasteiger partial charge in [-0.3, -0.25) is 0 Å². The summed E-state index contributed by atoms with van der Waals surface area (Å²) in [5, 5.41) is 4.06. The molecule has 0 N–H and O–H groups in total. The normalized spacial score (nSPS) is 21.8. The van der Waals surface area contributed by atoms with E-state index in [2.05, 4.69) is 10.1 Å². The summed E-state index contributed by atoms with van der Waals surface area (Å²) >= 11 is 0. The lowest BCUT2D eigenvalue weighted by Gasteiger charge is -2.31. The summed E-state index contributed by atoms with van der Waals surface area (Å²) in [4.78, 5) is 4.48. The first-order valence-corrected chi connectivity index (χ1v) is 11.0. The van der Waals surface area contributed by atoms with Gasteiger partial charge in [0, 0.05) is 25.4 Å². The molecule has 140 valence electrons. The Morgan fingerprint density at radius 1 is 1.19 bits per heavy atom. The minimum absolute atomic E-state index is 0.0619. The zero-order valence-electron chi connectivity index (χ0n) is 15.1. The van der Waals surface area contributed by atoms with Crippen LogP contribution in [-0.2, 0) is 22.2 Å². The van der Waals surface area contributed by atoms with Crippen LogP contribution >= 0.6 is 0 Å². The van der Waals surface area contributed by atoms with Gasteiger partial charge in [0.1, 0.15) is 0 Å². The van der Waals surface area contributed by atoms with E-state index < -0.39 is 10.0 Å². The van der Waals surface area contributed by atoms with Gasteiger partial charge in [0.2, 0.25) is 15.9 Å². The lowest BCUT2D eigenvalue weighted by molar-refractivity contribution is 0.246. The number of benzene rings is 1. The molecule has 1 unspecified atom stereocenters. The van der Waals surface area contributed by atoms with E-state index in [1.54, 1.807) is 4.31 Å². The molecule has 1 saturated heterocycles. The molecule has 1 saturated carbocycles. The molecule has 26 heavy (non-hydrogen) atoms. The molecule has 7 heteroatoms. The van der Waals surface area contributed by atoms with Crippen molar-refractivity contribution < 1.29 is 12.9 Å². The van der Waals surface area contributed by atoms with Gasteiger partial charge in [0.25, 0.3) is 0 Å². The highest BCUT2D eigenvalue weighted by molar-refractivity contribution is 7.88. The highest BCUT2D eigenvalue weighted by Crippen LogP contribution is 2.38. The molecule has 0 bridgehead atoms. The number of hydrogen-bond donors (Lipinski definition) is 0. The average Bonchev–Trinajstić information content (AvgIpc) is 3.37. The van der Waals surface area contributed by atoms with Crippen molar-refractivity contribution in [1.82, 2.24) is 14.4 Å². The Morgan fingerprint density at radius 2 is 1.96 bits per heavy atom. The van der Waals surface area contributed by atoms with E-state index in [-0.39, 0.29) is 11.7 Å². The van der Waals surface area contributed by atoms with Gasteiger partial charge in [-0.2, -0.15) is 4.98 Å². The fourth-order valence-corrected chi connectivity index (χ4v) is 5.18. The topological polar surface area (TPSA) is 76.3 Å². The predicted molar refractivity (Wildman–Crippen MR) is 98.1 cm³/mol. The summed E-state index contributed by atoms with van der Waals surface area (Å²) in [6.07, 6.45) is 4.83. The molecule has 0 spiro atoms. The number of aromatic nitrogens is 2. The number of hydrogen-bond acceptors (Lipinski definition) is 5. The van der Waals surface area contributed by atoms with E-state index in [9.17, 15) is 8.42 Å². The third kappa shape index (κ3) is 4.15. The maximum Gasteiger partial charge on any atom is 0.226 e. The molecule has 4 rings (SSSR count). The van der Waals surface area contributed by atoms with Gasteiger partial charge in [0.05, 0.1) is 5.75 Å². The molecule has 6 nitrogen and oxygen atoms in total. The van der Waals surface area contributed by atoms with Crippen molar-refractivity contribution in [2.24, 2.45) is 5.92 Å². The van der Waals surface area contributed by atoms with Crippen LogP contribution in [0, 0.1) is 12.8 Å². The number of rotatable bonds is 6. The smallest absolute Gasteiger partial charge is 0.226 e. The average molecular weight is 375 g/mol. The highest BCUT2D eigenvalue weighted by atomic mass is 32.2. The first kappa shape index (κ1) is 17.7. The quantitative estimate of drug-likeness (QED) is 0.776. The Balaban J connectivity index is 1.39. The van der Waals surface area contributed by atoms with Gasteiger partial charge in [-0.15, -0.1) is 0 Å². The first-order valence-electron chi connectivity index (χ1n) is 9.35. The standard InChI is InChI=1S/C19H25N3O3S/c1-14-4-6-15(7-5-14)13-26(23,24)22-10-2-3-16(12-22)11-18-20-19(21-25-18)17-8-9-17/h4-7,16-17H,2-3,8-13H2,1H3. The van der Waals surface area contributed by atoms with Crippen molar-refractivity contribution in [3.05, 3.63) is 47.1 Å².